The topological polar surface area (TPSA) is 70.6 Å². The molecule has 0 radical (unpaired) electrons. The second-order valence-corrected chi connectivity index (χ2v) is 6.58. The SMILES string of the molecule is O=C(NC[C@H]1OC[C@@H](NCc2ccccc2F)[C@@H]1O)c1cccs1. The fourth-order valence-electron chi connectivity index (χ4n) is 2.61. The van der Waals surface area contributed by atoms with Crippen LogP contribution in [0.5, 0.6) is 0 Å². The van der Waals surface area contributed by atoms with E-state index in [1.807, 2.05) is 11.4 Å². The number of hydrogen-bond donors (Lipinski definition) is 3. The third-order valence-corrected chi connectivity index (χ3v) is 4.87. The van der Waals surface area contributed by atoms with E-state index in [0.717, 1.165) is 0 Å². The second-order valence-electron chi connectivity index (χ2n) is 5.63. The molecular weight excluding hydrogens is 331 g/mol. The van der Waals surface area contributed by atoms with Gasteiger partial charge in [0.15, 0.2) is 0 Å². The molecule has 1 aromatic carbocycles. The van der Waals surface area contributed by atoms with Gasteiger partial charge in [0.25, 0.3) is 5.91 Å². The van der Waals surface area contributed by atoms with Crippen molar-refractivity contribution in [3.63, 3.8) is 0 Å². The van der Waals surface area contributed by atoms with Crippen LogP contribution in [-0.4, -0.2) is 42.4 Å². The molecule has 0 bridgehead atoms. The molecule has 1 aromatic heterocycles. The van der Waals surface area contributed by atoms with Crippen molar-refractivity contribution >= 4 is 17.2 Å². The van der Waals surface area contributed by atoms with E-state index in [4.69, 9.17) is 4.74 Å². The molecule has 1 saturated heterocycles. The van der Waals surface area contributed by atoms with E-state index in [1.165, 1.54) is 17.4 Å². The third kappa shape index (κ3) is 3.99. The monoisotopic (exact) mass is 350 g/mol. The van der Waals surface area contributed by atoms with Gasteiger partial charge in [-0.1, -0.05) is 24.3 Å². The van der Waals surface area contributed by atoms with Gasteiger partial charge >= 0.3 is 0 Å². The number of amides is 1. The van der Waals surface area contributed by atoms with E-state index in [1.54, 1.807) is 24.3 Å². The molecule has 0 spiro atoms. The first-order valence-electron chi connectivity index (χ1n) is 7.73. The van der Waals surface area contributed by atoms with Gasteiger partial charge in [-0.2, -0.15) is 0 Å². The molecule has 1 aliphatic heterocycles. The number of ether oxygens (including phenoxy) is 1. The van der Waals surface area contributed by atoms with E-state index in [2.05, 4.69) is 10.6 Å². The van der Waals surface area contributed by atoms with E-state index in [0.29, 0.717) is 23.6 Å². The highest BCUT2D eigenvalue weighted by Crippen LogP contribution is 2.16. The van der Waals surface area contributed by atoms with Crippen LogP contribution in [0.4, 0.5) is 4.39 Å². The Bertz CT molecular complexity index is 680. The number of nitrogens with one attached hydrogen (secondary N) is 2. The minimum Gasteiger partial charge on any atom is -0.389 e. The third-order valence-electron chi connectivity index (χ3n) is 4.00. The Labute approximate surface area is 143 Å². The van der Waals surface area contributed by atoms with Gasteiger partial charge in [-0.3, -0.25) is 4.79 Å². The molecule has 3 rings (SSSR count). The second kappa shape index (κ2) is 7.85. The van der Waals surface area contributed by atoms with Crippen molar-refractivity contribution in [3.8, 4) is 0 Å². The van der Waals surface area contributed by atoms with Crippen molar-refractivity contribution in [3.05, 3.63) is 58.0 Å². The molecule has 1 amide bonds. The average molecular weight is 350 g/mol. The van der Waals surface area contributed by atoms with Gasteiger partial charge in [-0.05, 0) is 17.5 Å². The summed E-state index contributed by atoms with van der Waals surface area (Å²) in [4.78, 5) is 12.5. The molecule has 24 heavy (non-hydrogen) atoms. The van der Waals surface area contributed by atoms with Gasteiger partial charge in [-0.25, -0.2) is 4.39 Å². The molecule has 7 heteroatoms. The smallest absolute Gasteiger partial charge is 0.261 e. The summed E-state index contributed by atoms with van der Waals surface area (Å²) >= 11 is 1.36. The van der Waals surface area contributed by atoms with Gasteiger partial charge in [0.2, 0.25) is 0 Å². The fourth-order valence-corrected chi connectivity index (χ4v) is 3.25. The first-order chi connectivity index (χ1) is 11.6. The van der Waals surface area contributed by atoms with Crippen LogP contribution < -0.4 is 10.6 Å². The number of benzene rings is 1. The Morgan fingerprint density at radius 1 is 1.33 bits per heavy atom. The minimum atomic E-state index is -0.764. The largest absolute Gasteiger partial charge is 0.389 e. The molecule has 2 heterocycles. The molecule has 0 aliphatic carbocycles. The summed E-state index contributed by atoms with van der Waals surface area (Å²) < 4.78 is 19.1. The number of aliphatic hydroxyl groups excluding tert-OH is 1. The lowest BCUT2D eigenvalue weighted by Crippen LogP contribution is -2.44. The Morgan fingerprint density at radius 3 is 2.92 bits per heavy atom. The van der Waals surface area contributed by atoms with E-state index >= 15 is 0 Å². The zero-order valence-corrected chi connectivity index (χ0v) is 13.8. The zero-order valence-electron chi connectivity index (χ0n) is 12.9. The Hall–Kier alpha value is -1.80. The maximum absolute atomic E-state index is 13.6. The summed E-state index contributed by atoms with van der Waals surface area (Å²) in [7, 11) is 0. The highest BCUT2D eigenvalue weighted by Gasteiger charge is 2.35. The molecular formula is C17H19FN2O3S. The Morgan fingerprint density at radius 2 is 2.17 bits per heavy atom. The predicted molar refractivity (Wildman–Crippen MR) is 89.4 cm³/mol. The first-order valence-corrected chi connectivity index (χ1v) is 8.61. The summed E-state index contributed by atoms with van der Waals surface area (Å²) in [5, 5.41) is 18.0. The molecule has 3 atom stereocenters. The number of carbonyl (C=O) groups is 1. The molecule has 1 aliphatic rings. The Balaban J connectivity index is 1.47. The summed E-state index contributed by atoms with van der Waals surface area (Å²) in [6.07, 6.45) is -1.24. The van der Waals surface area contributed by atoms with E-state index < -0.39 is 12.2 Å². The zero-order chi connectivity index (χ0) is 16.9. The first kappa shape index (κ1) is 17.0. The molecule has 5 nitrogen and oxygen atoms in total. The van der Waals surface area contributed by atoms with Crippen LogP contribution in [0.15, 0.2) is 41.8 Å². The lowest BCUT2D eigenvalue weighted by atomic mass is 10.1. The summed E-state index contributed by atoms with van der Waals surface area (Å²) in [6.45, 7) is 0.858. The van der Waals surface area contributed by atoms with E-state index in [-0.39, 0.29) is 24.3 Å². The van der Waals surface area contributed by atoms with Crippen molar-refractivity contribution in [2.24, 2.45) is 0 Å². The van der Waals surface area contributed by atoms with Crippen molar-refractivity contribution in [1.29, 1.82) is 0 Å². The number of hydrogen-bond acceptors (Lipinski definition) is 5. The summed E-state index contributed by atoms with van der Waals surface area (Å²) in [5.41, 5.74) is 0.541. The van der Waals surface area contributed by atoms with Crippen LogP contribution >= 0.6 is 11.3 Å². The molecule has 3 N–H and O–H groups in total. The van der Waals surface area contributed by atoms with Gasteiger partial charge in [0.1, 0.15) is 11.9 Å². The number of aliphatic hydroxyl groups is 1. The number of thiophene rings is 1. The van der Waals surface area contributed by atoms with Crippen molar-refractivity contribution in [2.45, 2.75) is 24.8 Å². The average Bonchev–Trinajstić information content (AvgIpc) is 3.23. The summed E-state index contributed by atoms with van der Waals surface area (Å²) in [6, 6.07) is 9.76. The molecule has 0 unspecified atom stereocenters. The van der Waals surface area contributed by atoms with Gasteiger partial charge in [0, 0.05) is 18.7 Å². The highest BCUT2D eigenvalue weighted by molar-refractivity contribution is 7.12. The van der Waals surface area contributed by atoms with Gasteiger partial charge in [0.05, 0.1) is 23.6 Å². The highest BCUT2D eigenvalue weighted by atomic mass is 32.1. The van der Waals surface area contributed by atoms with Crippen LogP contribution in [0.1, 0.15) is 15.2 Å². The van der Waals surface area contributed by atoms with Crippen molar-refractivity contribution in [2.75, 3.05) is 13.2 Å². The van der Waals surface area contributed by atoms with Crippen LogP contribution in [-0.2, 0) is 11.3 Å². The van der Waals surface area contributed by atoms with Crippen LogP contribution in [0.2, 0.25) is 0 Å². The molecule has 2 aromatic rings. The van der Waals surface area contributed by atoms with Crippen molar-refractivity contribution < 1.29 is 19.0 Å². The maximum atomic E-state index is 13.6. The fraction of sp³-hybridized carbons (Fsp3) is 0.353. The van der Waals surface area contributed by atoms with Crippen molar-refractivity contribution in [1.82, 2.24) is 10.6 Å². The summed E-state index contributed by atoms with van der Waals surface area (Å²) in [5.74, 6) is -0.457. The van der Waals surface area contributed by atoms with Gasteiger partial charge < -0.3 is 20.5 Å². The van der Waals surface area contributed by atoms with Gasteiger partial charge in [-0.15, -0.1) is 11.3 Å². The number of halogens is 1. The maximum Gasteiger partial charge on any atom is 0.261 e. The molecule has 128 valence electrons. The quantitative estimate of drug-likeness (QED) is 0.739. The van der Waals surface area contributed by atoms with Crippen LogP contribution in [0, 0.1) is 5.82 Å². The lowest BCUT2D eigenvalue weighted by Gasteiger charge is -2.19. The minimum absolute atomic E-state index is 0.177. The number of rotatable bonds is 6. The number of carbonyl (C=O) groups excluding carboxylic acids is 1. The normalized spacial score (nSPS) is 23.3. The Kier molecular flexibility index (Phi) is 5.57. The van der Waals surface area contributed by atoms with E-state index in [9.17, 15) is 14.3 Å². The predicted octanol–water partition coefficient (Wildman–Crippen LogP) is 1.54. The molecule has 1 fully saturated rings. The van der Waals surface area contributed by atoms with Crippen LogP contribution in [0.25, 0.3) is 0 Å². The van der Waals surface area contributed by atoms with Crippen LogP contribution in [0.3, 0.4) is 0 Å². The molecule has 0 saturated carbocycles. The standard InChI is InChI=1S/C17H19FN2O3S/c18-12-5-2-1-4-11(12)8-19-13-10-23-14(16(13)21)9-20-17(22)15-6-3-7-24-15/h1-7,13-14,16,19,21H,8-10H2,(H,20,22)/t13-,14-,16+/m1/s1. The lowest BCUT2D eigenvalue weighted by molar-refractivity contribution is 0.0399.